The van der Waals surface area contributed by atoms with Crippen molar-refractivity contribution >= 4 is 5.84 Å². The molecule has 8 heavy (non-hydrogen) atoms. The van der Waals surface area contributed by atoms with E-state index in [4.69, 9.17) is 0 Å². The summed E-state index contributed by atoms with van der Waals surface area (Å²) < 4.78 is 0. The minimum Gasteiger partial charge on any atom is -0.340 e. The minimum atomic E-state index is 0.993. The molecule has 0 amide bonds. The molecule has 0 bridgehead atoms. The summed E-state index contributed by atoms with van der Waals surface area (Å²) >= 11 is 0. The van der Waals surface area contributed by atoms with Gasteiger partial charge in [0.1, 0.15) is 5.84 Å². The van der Waals surface area contributed by atoms with Gasteiger partial charge in [-0.3, -0.25) is 4.99 Å². The number of hydrogen-bond acceptors (Lipinski definition) is 1. The van der Waals surface area contributed by atoms with Crippen molar-refractivity contribution in [2.24, 2.45) is 4.99 Å². The first-order valence-corrected chi connectivity index (χ1v) is 2.69. The number of rotatable bonds is 0. The van der Waals surface area contributed by atoms with Crippen molar-refractivity contribution < 1.29 is 0 Å². The molecule has 2 heteroatoms. The molecule has 2 nitrogen and oxygen atoms in total. The Balaban J connectivity index is 2.64. The van der Waals surface area contributed by atoms with Crippen molar-refractivity contribution in [2.45, 2.75) is 6.42 Å². The van der Waals surface area contributed by atoms with Crippen LogP contribution in [-0.4, -0.2) is 24.8 Å². The third-order valence-corrected chi connectivity index (χ3v) is 1.29. The fourth-order valence-electron chi connectivity index (χ4n) is 0.795. The average molecular weight is 110 g/mol. The lowest BCUT2D eigenvalue weighted by Gasteiger charge is -2.07. The molecule has 0 aromatic heterocycles. The van der Waals surface area contributed by atoms with Crippen LogP contribution in [-0.2, 0) is 0 Å². The van der Waals surface area contributed by atoms with E-state index in [1.54, 1.807) is 0 Å². The van der Waals surface area contributed by atoms with E-state index in [9.17, 15) is 0 Å². The van der Waals surface area contributed by atoms with Crippen LogP contribution < -0.4 is 0 Å². The molecule has 1 aliphatic heterocycles. The molecule has 44 valence electrons. The van der Waals surface area contributed by atoms with E-state index in [-0.39, 0.29) is 0 Å². The molecule has 0 aromatic rings. The topological polar surface area (TPSA) is 15.6 Å². The maximum Gasteiger partial charge on any atom is 0.106 e. The lowest BCUT2D eigenvalue weighted by atomic mass is 10.4. The molecule has 1 heterocycles. The van der Waals surface area contributed by atoms with Gasteiger partial charge in [-0.1, -0.05) is 6.08 Å². The molecule has 0 N–H and O–H groups in total. The van der Waals surface area contributed by atoms with Crippen LogP contribution in [0, 0.1) is 0 Å². The summed E-state index contributed by atoms with van der Waals surface area (Å²) in [5.41, 5.74) is 0. The molecule has 1 rings (SSSR count). The lowest BCUT2D eigenvalue weighted by Crippen LogP contribution is -2.14. The van der Waals surface area contributed by atoms with E-state index in [2.05, 4.69) is 11.1 Å². The first-order chi connectivity index (χ1) is 3.84. The lowest BCUT2D eigenvalue weighted by molar-refractivity contribution is 0.697. The van der Waals surface area contributed by atoms with Crippen LogP contribution in [0.15, 0.2) is 17.3 Å². The van der Waals surface area contributed by atoms with Gasteiger partial charge in [-0.25, -0.2) is 0 Å². The summed E-state index contributed by atoms with van der Waals surface area (Å²) in [6.45, 7) is 0. The van der Waals surface area contributed by atoms with Gasteiger partial charge in [0.05, 0.1) is 0 Å². The first kappa shape index (κ1) is 5.35. The Hall–Kier alpha value is -0.790. The Kier molecular flexibility index (Phi) is 1.33. The number of nitrogens with zero attached hydrogens (tertiary/aromatic N) is 2. The third kappa shape index (κ3) is 0.735. The van der Waals surface area contributed by atoms with E-state index in [0.717, 1.165) is 12.3 Å². The first-order valence-electron chi connectivity index (χ1n) is 2.69. The van der Waals surface area contributed by atoms with Crippen LogP contribution in [0.4, 0.5) is 0 Å². The highest BCUT2D eigenvalue weighted by Crippen LogP contribution is 2.03. The Morgan fingerprint density at radius 3 is 2.75 bits per heavy atom. The van der Waals surface area contributed by atoms with Crippen molar-refractivity contribution in [1.29, 1.82) is 0 Å². The summed E-state index contributed by atoms with van der Waals surface area (Å²) in [5.74, 6) is 1.14. The van der Waals surface area contributed by atoms with Gasteiger partial charge in [0, 0.05) is 26.7 Å². The summed E-state index contributed by atoms with van der Waals surface area (Å²) in [6.07, 6.45) is 5.12. The minimum absolute atomic E-state index is 0.993. The van der Waals surface area contributed by atoms with E-state index >= 15 is 0 Å². The molecule has 0 unspecified atom stereocenters. The zero-order valence-corrected chi connectivity index (χ0v) is 5.26. The van der Waals surface area contributed by atoms with Gasteiger partial charge in [0.15, 0.2) is 0 Å². The van der Waals surface area contributed by atoms with Crippen molar-refractivity contribution in [3.63, 3.8) is 0 Å². The molecular formula is C6H10N2. The Morgan fingerprint density at radius 1 is 1.75 bits per heavy atom. The quantitative estimate of drug-likeness (QED) is 0.451. The van der Waals surface area contributed by atoms with Crippen LogP contribution in [0.25, 0.3) is 0 Å². The maximum absolute atomic E-state index is 4.05. The largest absolute Gasteiger partial charge is 0.340 e. The smallest absolute Gasteiger partial charge is 0.106 e. The second-order valence-electron chi connectivity index (χ2n) is 1.84. The highest BCUT2D eigenvalue weighted by atomic mass is 15.2. The summed E-state index contributed by atoms with van der Waals surface area (Å²) in [7, 11) is 3.82. The van der Waals surface area contributed by atoms with Crippen molar-refractivity contribution in [3.05, 3.63) is 12.3 Å². The zero-order chi connectivity index (χ0) is 5.98. The van der Waals surface area contributed by atoms with Crippen molar-refractivity contribution in [1.82, 2.24) is 4.90 Å². The second kappa shape index (κ2) is 1.99. The summed E-state index contributed by atoms with van der Waals surface area (Å²) in [5, 5.41) is 0. The molecule has 0 atom stereocenters. The van der Waals surface area contributed by atoms with Gasteiger partial charge in [0.25, 0.3) is 0 Å². The fourth-order valence-corrected chi connectivity index (χ4v) is 0.795. The van der Waals surface area contributed by atoms with E-state index in [1.165, 1.54) is 0 Å². The molecule has 0 spiro atoms. The van der Waals surface area contributed by atoms with Gasteiger partial charge in [-0.05, 0) is 0 Å². The SMILES string of the molecule is C/N=C1\CC=CN1C. The van der Waals surface area contributed by atoms with Crippen LogP contribution in [0.3, 0.4) is 0 Å². The molecule has 1 aliphatic rings. The normalized spacial score (nSPS) is 23.2. The van der Waals surface area contributed by atoms with Crippen LogP contribution in [0.5, 0.6) is 0 Å². The number of aliphatic imine (C=N–C) groups is 1. The Bertz CT molecular complexity index is 135. The predicted octanol–water partition coefficient (Wildman–Crippen LogP) is 0.864. The average Bonchev–Trinajstić information content (AvgIpc) is 2.14. The number of amidine groups is 1. The van der Waals surface area contributed by atoms with Gasteiger partial charge < -0.3 is 4.90 Å². The molecule has 0 radical (unpaired) electrons. The predicted molar refractivity (Wildman–Crippen MR) is 34.9 cm³/mol. The highest BCUT2D eigenvalue weighted by Gasteiger charge is 2.04. The molecule has 0 fully saturated rings. The molecule has 0 saturated carbocycles. The highest BCUT2D eigenvalue weighted by molar-refractivity contribution is 5.86. The zero-order valence-electron chi connectivity index (χ0n) is 5.26. The maximum atomic E-state index is 4.05. The standard InChI is InChI=1S/C6H10N2/c1-7-6-4-3-5-8(6)2/h3,5H,4H2,1-2H3/b7-6+. The molecule has 0 aromatic carbocycles. The van der Waals surface area contributed by atoms with E-state index in [1.807, 2.05) is 25.2 Å². The monoisotopic (exact) mass is 110 g/mol. The summed E-state index contributed by atoms with van der Waals surface area (Å²) in [6, 6.07) is 0. The van der Waals surface area contributed by atoms with Gasteiger partial charge >= 0.3 is 0 Å². The van der Waals surface area contributed by atoms with E-state index in [0.29, 0.717) is 0 Å². The van der Waals surface area contributed by atoms with Crippen molar-refractivity contribution in [2.75, 3.05) is 14.1 Å². The van der Waals surface area contributed by atoms with Gasteiger partial charge in [-0.15, -0.1) is 0 Å². The van der Waals surface area contributed by atoms with Crippen LogP contribution in [0.2, 0.25) is 0 Å². The summed E-state index contributed by atoms with van der Waals surface area (Å²) in [4.78, 5) is 6.08. The van der Waals surface area contributed by atoms with Crippen LogP contribution >= 0.6 is 0 Å². The third-order valence-electron chi connectivity index (χ3n) is 1.29. The molecule has 0 saturated heterocycles. The molecule has 0 aliphatic carbocycles. The van der Waals surface area contributed by atoms with Crippen LogP contribution in [0.1, 0.15) is 6.42 Å². The second-order valence-corrected chi connectivity index (χ2v) is 1.84. The fraction of sp³-hybridized carbons (Fsp3) is 0.500. The van der Waals surface area contributed by atoms with Crippen molar-refractivity contribution in [3.8, 4) is 0 Å². The Morgan fingerprint density at radius 2 is 2.50 bits per heavy atom. The number of hydrogen-bond donors (Lipinski definition) is 0. The Labute approximate surface area is 49.5 Å². The van der Waals surface area contributed by atoms with E-state index < -0.39 is 0 Å². The molecular weight excluding hydrogens is 100 g/mol. The van der Waals surface area contributed by atoms with Gasteiger partial charge in [-0.2, -0.15) is 0 Å². The van der Waals surface area contributed by atoms with Gasteiger partial charge in [0.2, 0.25) is 0 Å².